The van der Waals surface area contributed by atoms with Crippen LogP contribution >= 0.6 is 22.9 Å². The van der Waals surface area contributed by atoms with Crippen LogP contribution in [0.5, 0.6) is 5.75 Å². The second-order valence-electron chi connectivity index (χ2n) is 4.27. The molecular weight excluding hydrogens is 282 g/mol. The van der Waals surface area contributed by atoms with Gasteiger partial charge in [-0.25, -0.2) is 0 Å². The predicted octanol–water partition coefficient (Wildman–Crippen LogP) is 3.56. The van der Waals surface area contributed by atoms with Gasteiger partial charge in [-0.15, -0.1) is 0 Å². The van der Waals surface area contributed by atoms with Gasteiger partial charge in [-0.1, -0.05) is 11.6 Å². The average Bonchev–Trinajstić information content (AvgIpc) is 2.91. The number of thiophene rings is 1. The third-order valence-electron chi connectivity index (χ3n) is 2.63. The Bertz CT molecular complexity index is 516. The highest BCUT2D eigenvalue weighted by Crippen LogP contribution is 2.21. The van der Waals surface area contributed by atoms with Crippen LogP contribution in [0.25, 0.3) is 0 Å². The van der Waals surface area contributed by atoms with Gasteiger partial charge < -0.3 is 15.2 Å². The molecule has 0 fully saturated rings. The highest BCUT2D eigenvalue weighted by Gasteiger charge is 2.06. The molecule has 0 aliphatic rings. The Hall–Kier alpha value is -1.23. The number of aryl methyl sites for hydroxylation is 1. The van der Waals surface area contributed by atoms with Gasteiger partial charge in [0.25, 0.3) is 0 Å². The number of halogens is 1. The average molecular weight is 298 g/mol. The van der Waals surface area contributed by atoms with Crippen molar-refractivity contribution in [1.29, 1.82) is 0 Å². The third-order valence-corrected chi connectivity index (χ3v) is 3.74. The molecule has 0 saturated carbocycles. The first-order valence-electron chi connectivity index (χ1n) is 5.98. The number of hydrogen-bond donors (Lipinski definition) is 2. The molecule has 2 aromatic rings. The van der Waals surface area contributed by atoms with Crippen LogP contribution in [0.15, 0.2) is 35.0 Å². The Kier molecular flexibility index (Phi) is 5.07. The molecule has 1 heterocycles. The van der Waals surface area contributed by atoms with Crippen LogP contribution in [0.2, 0.25) is 5.02 Å². The molecule has 102 valence electrons. The second kappa shape index (κ2) is 6.80. The Labute approximate surface area is 121 Å². The number of benzene rings is 1. The minimum atomic E-state index is -0.559. The van der Waals surface area contributed by atoms with Crippen LogP contribution in [0.1, 0.15) is 5.56 Å². The van der Waals surface area contributed by atoms with E-state index in [-0.39, 0.29) is 6.61 Å². The molecule has 1 aromatic heterocycles. The van der Waals surface area contributed by atoms with Gasteiger partial charge in [-0.2, -0.15) is 11.3 Å². The fourth-order valence-corrected chi connectivity index (χ4v) is 2.29. The molecule has 0 aliphatic carbocycles. The molecule has 0 radical (unpaired) electrons. The Balaban J connectivity index is 1.76. The number of hydrogen-bond acceptors (Lipinski definition) is 4. The number of aliphatic hydroxyl groups is 1. The molecule has 0 spiro atoms. The summed E-state index contributed by atoms with van der Waals surface area (Å²) < 4.78 is 5.53. The van der Waals surface area contributed by atoms with E-state index in [1.54, 1.807) is 23.5 Å². The Morgan fingerprint density at radius 2 is 2.26 bits per heavy atom. The minimum absolute atomic E-state index is 0.248. The smallest absolute Gasteiger partial charge is 0.119 e. The normalized spacial score (nSPS) is 12.2. The van der Waals surface area contributed by atoms with Gasteiger partial charge in [-0.05, 0) is 42.1 Å². The molecule has 0 saturated heterocycles. The standard InChI is InChI=1S/C14H16ClNO2S/c1-10-6-13(2-3-14(10)15)18-8-12(17)7-16-11-4-5-19-9-11/h2-6,9,12,16-17H,7-8H2,1H3. The topological polar surface area (TPSA) is 41.5 Å². The molecular formula is C14H16ClNO2S. The molecule has 19 heavy (non-hydrogen) atoms. The number of rotatable bonds is 6. The summed E-state index contributed by atoms with van der Waals surface area (Å²) in [6.07, 6.45) is -0.559. The zero-order valence-corrected chi connectivity index (χ0v) is 12.2. The fourth-order valence-electron chi connectivity index (χ4n) is 1.56. The van der Waals surface area contributed by atoms with Crippen molar-refractivity contribution in [2.75, 3.05) is 18.5 Å². The van der Waals surface area contributed by atoms with E-state index in [0.717, 1.165) is 17.0 Å². The van der Waals surface area contributed by atoms with Crippen molar-refractivity contribution in [3.05, 3.63) is 45.6 Å². The summed E-state index contributed by atoms with van der Waals surface area (Å²) in [6, 6.07) is 7.43. The lowest BCUT2D eigenvalue weighted by molar-refractivity contribution is 0.117. The van der Waals surface area contributed by atoms with Crippen molar-refractivity contribution >= 4 is 28.6 Å². The second-order valence-corrected chi connectivity index (χ2v) is 5.46. The summed E-state index contributed by atoms with van der Waals surface area (Å²) in [5.41, 5.74) is 1.98. The molecule has 2 rings (SSSR count). The summed E-state index contributed by atoms with van der Waals surface area (Å²) in [7, 11) is 0. The largest absolute Gasteiger partial charge is 0.491 e. The van der Waals surface area contributed by atoms with E-state index in [1.807, 2.05) is 29.8 Å². The molecule has 2 N–H and O–H groups in total. The van der Waals surface area contributed by atoms with Crippen LogP contribution in [0.3, 0.4) is 0 Å². The molecule has 0 bridgehead atoms. The summed E-state index contributed by atoms with van der Waals surface area (Å²) in [4.78, 5) is 0. The van der Waals surface area contributed by atoms with Crippen LogP contribution in [0.4, 0.5) is 5.69 Å². The van der Waals surface area contributed by atoms with E-state index in [0.29, 0.717) is 11.6 Å². The first-order chi connectivity index (χ1) is 9.15. The van der Waals surface area contributed by atoms with Crippen molar-refractivity contribution in [1.82, 2.24) is 0 Å². The minimum Gasteiger partial charge on any atom is -0.491 e. The van der Waals surface area contributed by atoms with Crippen molar-refractivity contribution in [2.45, 2.75) is 13.0 Å². The van der Waals surface area contributed by atoms with Crippen molar-refractivity contribution < 1.29 is 9.84 Å². The maximum Gasteiger partial charge on any atom is 0.119 e. The lowest BCUT2D eigenvalue weighted by atomic mass is 10.2. The SMILES string of the molecule is Cc1cc(OCC(O)CNc2ccsc2)ccc1Cl. The number of aliphatic hydroxyl groups excluding tert-OH is 1. The van der Waals surface area contributed by atoms with Crippen LogP contribution in [0, 0.1) is 6.92 Å². The lowest BCUT2D eigenvalue weighted by Gasteiger charge is -2.13. The van der Waals surface area contributed by atoms with Gasteiger partial charge in [0.1, 0.15) is 18.5 Å². The van der Waals surface area contributed by atoms with Crippen molar-refractivity contribution in [3.8, 4) is 5.75 Å². The lowest BCUT2D eigenvalue weighted by Crippen LogP contribution is -2.26. The zero-order valence-electron chi connectivity index (χ0n) is 10.6. The fraction of sp³-hybridized carbons (Fsp3) is 0.286. The molecule has 0 aliphatic heterocycles. The van der Waals surface area contributed by atoms with Gasteiger partial charge in [0.2, 0.25) is 0 Å². The van der Waals surface area contributed by atoms with Gasteiger partial charge in [0.15, 0.2) is 0 Å². The van der Waals surface area contributed by atoms with Crippen molar-refractivity contribution in [2.24, 2.45) is 0 Å². The molecule has 1 aromatic carbocycles. The van der Waals surface area contributed by atoms with E-state index in [2.05, 4.69) is 5.32 Å². The molecule has 0 amide bonds. The zero-order chi connectivity index (χ0) is 13.7. The van der Waals surface area contributed by atoms with E-state index in [9.17, 15) is 5.11 Å². The number of ether oxygens (including phenoxy) is 1. The summed E-state index contributed by atoms with van der Waals surface area (Å²) in [5, 5.41) is 17.7. The maximum atomic E-state index is 9.82. The monoisotopic (exact) mass is 297 g/mol. The van der Waals surface area contributed by atoms with Gasteiger partial charge in [-0.3, -0.25) is 0 Å². The van der Waals surface area contributed by atoms with E-state index < -0.39 is 6.10 Å². The van der Waals surface area contributed by atoms with Crippen molar-refractivity contribution in [3.63, 3.8) is 0 Å². The first kappa shape index (κ1) is 14.2. The van der Waals surface area contributed by atoms with Crippen LogP contribution in [-0.4, -0.2) is 24.4 Å². The number of anilines is 1. The summed E-state index contributed by atoms with van der Waals surface area (Å²) in [5.74, 6) is 0.719. The van der Waals surface area contributed by atoms with Gasteiger partial charge in [0, 0.05) is 22.6 Å². The maximum absolute atomic E-state index is 9.82. The highest BCUT2D eigenvalue weighted by atomic mass is 35.5. The van der Waals surface area contributed by atoms with Crippen LogP contribution < -0.4 is 10.1 Å². The Morgan fingerprint density at radius 3 is 2.95 bits per heavy atom. The van der Waals surface area contributed by atoms with Gasteiger partial charge in [0.05, 0.1) is 0 Å². The number of nitrogens with one attached hydrogen (secondary N) is 1. The molecule has 5 heteroatoms. The third kappa shape index (κ3) is 4.42. The highest BCUT2D eigenvalue weighted by molar-refractivity contribution is 7.08. The molecule has 1 unspecified atom stereocenters. The summed E-state index contributed by atoms with van der Waals surface area (Å²) >= 11 is 7.55. The van der Waals surface area contributed by atoms with E-state index in [4.69, 9.17) is 16.3 Å². The predicted molar refractivity (Wildman–Crippen MR) is 80.5 cm³/mol. The van der Waals surface area contributed by atoms with Crippen LogP contribution in [-0.2, 0) is 0 Å². The first-order valence-corrected chi connectivity index (χ1v) is 7.30. The molecule has 1 atom stereocenters. The Morgan fingerprint density at radius 1 is 1.42 bits per heavy atom. The van der Waals surface area contributed by atoms with Gasteiger partial charge >= 0.3 is 0 Å². The summed E-state index contributed by atoms with van der Waals surface area (Å²) in [6.45, 7) is 2.63. The quantitative estimate of drug-likeness (QED) is 0.856. The molecule has 3 nitrogen and oxygen atoms in total. The van der Waals surface area contributed by atoms with E-state index >= 15 is 0 Å². The van der Waals surface area contributed by atoms with E-state index in [1.165, 1.54) is 0 Å².